The summed E-state index contributed by atoms with van der Waals surface area (Å²) in [5.74, 6) is 6.81. The predicted octanol–water partition coefficient (Wildman–Crippen LogP) is 1.43. The van der Waals surface area contributed by atoms with Gasteiger partial charge in [0.2, 0.25) is 11.1 Å². The second kappa shape index (κ2) is 6.49. The highest BCUT2D eigenvalue weighted by atomic mass is 32.2. The number of carbonyl (C=O) groups is 1. The Morgan fingerprint density at radius 2 is 2.14 bits per heavy atom. The van der Waals surface area contributed by atoms with E-state index in [2.05, 4.69) is 15.5 Å². The van der Waals surface area contributed by atoms with E-state index in [1.165, 1.54) is 16.4 Å². The number of rotatable bonds is 5. The Labute approximate surface area is 126 Å². The van der Waals surface area contributed by atoms with Gasteiger partial charge in [0.15, 0.2) is 0 Å². The van der Waals surface area contributed by atoms with Crippen molar-refractivity contribution >= 4 is 23.4 Å². The number of thioether (sulfide) groups is 1. The fourth-order valence-electron chi connectivity index (χ4n) is 1.62. The first-order valence-corrected chi connectivity index (χ1v) is 7.18. The highest BCUT2D eigenvalue weighted by Crippen LogP contribution is 2.26. The van der Waals surface area contributed by atoms with Gasteiger partial charge in [-0.25, -0.2) is 4.68 Å². The molecule has 0 fully saturated rings. The summed E-state index contributed by atoms with van der Waals surface area (Å²) in [4.78, 5) is 12.2. The van der Waals surface area contributed by atoms with E-state index in [1.807, 2.05) is 12.1 Å². The highest BCUT2D eigenvalue weighted by molar-refractivity contribution is 8.00. The van der Waals surface area contributed by atoms with Gasteiger partial charge in [-0.05, 0) is 26.0 Å². The van der Waals surface area contributed by atoms with E-state index < -0.39 is 0 Å². The van der Waals surface area contributed by atoms with Gasteiger partial charge < -0.3 is 15.9 Å². The summed E-state index contributed by atoms with van der Waals surface area (Å²) in [6.45, 7) is 3.52. The fraction of sp³-hybridized carbons (Fsp3) is 0.308. The molecule has 1 amide bonds. The van der Waals surface area contributed by atoms with Crippen LogP contribution in [0.15, 0.2) is 29.4 Å². The summed E-state index contributed by atoms with van der Waals surface area (Å²) in [6.07, 6.45) is 0. The zero-order valence-corrected chi connectivity index (χ0v) is 12.8. The zero-order valence-electron chi connectivity index (χ0n) is 12.0. The number of anilines is 1. The van der Waals surface area contributed by atoms with Gasteiger partial charge >= 0.3 is 0 Å². The van der Waals surface area contributed by atoms with Gasteiger partial charge in [-0.15, -0.1) is 10.2 Å². The number of aryl methyl sites for hydroxylation is 1. The lowest BCUT2D eigenvalue weighted by molar-refractivity contribution is -0.115. The SMILES string of the molecule is COc1ccccc1NC(=O)[C@H](C)Sc1nnc(C)n1N. The van der Waals surface area contributed by atoms with Crippen molar-refractivity contribution in [3.63, 3.8) is 0 Å². The van der Waals surface area contributed by atoms with Gasteiger partial charge in [-0.3, -0.25) is 4.79 Å². The molecule has 0 saturated heterocycles. The molecule has 7 nitrogen and oxygen atoms in total. The number of carbonyl (C=O) groups excluding carboxylic acids is 1. The van der Waals surface area contributed by atoms with Crippen LogP contribution in [0.3, 0.4) is 0 Å². The summed E-state index contributed by atoms with van der Waals surface area (Å²) in [5, 5.41) is 10.7. The predicted molar refractivity (Wildman–Crippen MR) is 81.9 cm³/mol. The van der Waals surface area contributed by atoms with E-state index in [4.69, 9.17) is 10.6 Å². The lowest BCUT2D eigenvalue weighted by atomic mass is 10.3. The Kier molecular flexibility index (Phi) is 4.69. The molecule has 1 aromatic heterocycles. The molecule has 0 radical (unpaired) electrons. The molecule has 0 spiro atoms. The minimum absolute atomic E-state index is 0.162. The van der Waals surface area contributed by atoms with Crippen molar-refractivity contribution in [2.24, 2.45) is 0 Å². The average Bonchev–Trinajstić information content (AvgIpc) is 2.79. The second-order valence-corrected chi connectivity index (χ2v) is 5.66. The third-order valence-corrected chi connectivity index (χ3v) is 3.91. The van der Waals surface area contributed by atoms with Gasteiger partial charge in [0.1, 0.15) is 11.6 Å². The largest absolute Gasteiger partial charge is 0.495 e. The molecular formula is C13H17N5O2S. The summed E-state index contributed by atoms with van der Waals surface area (Å²) in [5.41, 5.74) is 0.628. The van der Waals surface area contributed by atoms with Gasteiger partial charge in [-0.2, -0.15) is 0 Å². The van der Waals surface area contributed by atoms with Crippen molar-refractivity contribution in [2.75, 3.05) is 18.3 Å². The lowest BCUT2D eigenvalue weighted by Crippen LogP contribution is -2.24. The van der Waals surface area contributed by atoms with Crippen LogP contribution in [0.1, 0.15) is 12.7 Å². The number of nitrogen functional groups attached to an aromatic ring is 1. The van der Waals surface area contributed by atoms with Crippen LogP contribution < -0.4 is 15.9 Å². The maximum absolute atomic E-state index is 12.2. The number of para-hydroxylation sites is 2. The summed E-state index contributed by atoms with van der Waals surface area (Å²) >= 11 is 1.24. The topological polar surface area (TPSA) is 95.1 Å². The number of nitrogens with one attached hydrogen (secondary N) is 1. The molecule has 1 atom stereocenters. The molecular weight excluding hydrogens is 290 g/mol. The van der Waals surface area contributed by atoms with Gasteiger partial charge in [0.25, 0.3) is 0 Å². The van der Waals surface area contributed by atoms with Crippen LogP contribution in [-0.2, 0) is 4.79 Å². The van der Waals surface area contributed by atoms with Crippen LogP contribution in [0, 0.1) is 6.92 Å². The number of aromatic nitrogens is 3. The van der Waals surface area contributed by atoms with Gasteiger partial charge in [0.05, 0.1) is 18.0 Å². The first kappa shape index (κ1) is 15.2. The third kappa shape index (κ3) is 3.46. The van der Waals surface area contributed by atoms with E-state index in [0.29, 0.717) is 22.4 Å². The molecule has 0 aliphatic rings. The standard InChI is InChI=1S/C13H17N5O2S/c1-8(21-13-17-16-9(2)18(13)14)12(19)15-10-6-4-5-7-11(10)20-3/h4-8H,14H2,1-3H3,(H,15,19)/t8-/m0/s1. The number of ether oxygens (including phenoxy) is 1. The normalized spacial score (nSPS) is 12.0. The Bertz CT molecular complexity index is 643. The fourth-order valence-corrected chi connectivity index (χ4v) is 2.44. The molecule has 2 aromatic rings. The first-order chi connectivity index (χ1) is 10.0. The van der Waals surface area contributed by atoms with E-state index >= 15 is 0 Å². The number of amides is 1. The van der Waals surface area contributed by atoms with Crippen molar-refractivity contribution in [2.45, 2.75) is 24.3 Å². The molecule has 3 N–H and O–H groups in total. The Balaban J connectivity index is 2.04. The van der Waals surface area contributed by atoms with Crippen LogP contribution in [0.2, 0.25) is 0 Å². The summed E-state index contributed by atoms with van der Waals surface area (Å²) in [7, 11) is 1.56. The number of hydrogen-bond donors (Lipinski definition) is 2. The summed E-state index contributed by atoms with van der Waals surface area (Å²) in [6, 6.07) is 7.24. The van der Waals surface area contributed by atoms with Crippen LogP contribution in [0.25, 0.3) is 0 Å². The maximum atomic E-state index is 12.2. The monoisotopic (exact) mass is 307 g/mol. The van der Waals surface area contributed by atoms with Gasteiger partial charge in [-0.1, -0.05) is 23.9 Å². The van der Waals surface area contributed by atoms with E-state index in [9.17, 15) is 4.79 Å². The number of nitrogens with zero attached hydrogens (tertiary/aromatic N) is 3. The van der Waals surface area contributed by atoms with Crippen LogP contribution in [-0.4, -0.2) is 33.1 Å². The maximum Gasteiger partial charge on any atom is 0.237 e. The average molecular weight is 307 g/mol. The molecule has 112 valence electrons. The molecule has 2 rings (SSSR count). The number of benzene rings is 1. The van der Waals surface area contributed by atoms with Crippen molar-refractivity contribution in [1.29, 1.82) is 0 Å². The van der Waals surface area contributed by atoms with Crippen molar-refractivity contribution < 1.29 is 9.53 Å². The minimum atomic E-state index is -0.374. The summed E-state index contributed by atoms with van der Waals surface area (Å²) < 4.78 is 6.56. The highest BCUT2D eigenvalue weighted by Gasteiger charge is 2.19. The number of methoxy groups -OCH3 is 1. The Hall–Kier alpha value is -2.22. The van der Waals surface area contributed by atoms with E-state index in [0.717, 1.165) is 0 Å². The smallest absolute Gasteiger partial charge is 0.237 e. The molecule has 21 heavy (non-hydrogen) atoms. The van der Waals surface area contributed by atoms with E-state index in [-0.39, 0.29) is 11.2 Å². The Morgan fingerprint density at radius 1 is 1.43 bits per heavy atom. The van der Waals surface area contributed by atoms with Crippen LogP contribution in [0.4, 0.5) is 5.69 Å². The minimum Gasteiger partial charge on any atom is -0.495 e. The quantitative estimate of drug-likeness (QED) is 0.641. The van der Waals surface area contributed by atoms with Crippen LogP contribution >= 0.6 is 11.8 Å². The zero-order chi connectivity index (χ0) is 15.4. The van der Waals surface area contributed by atoms with Crippen molar-refractivity contribution in [3.8, 4) is 5.75 Å². The molecule has 0 unspecified atom stereocenters. The third-order valence-electron chi connectivity index (χ3n) is 2.85. The molecule has 8 heteroatoms. The molecule has 0 aliphatic carbocycles. The lowest BCUT2D eigenvalue weighted by Gasteiger charge is -2.13. The first-order valence-electron chi connectivity index (χ1n) is 6.30. The van der Waals surface area contributed by atoms with E-state index in [1.54, 1.807) is 33.1 Å². The molecule has 0 aliphatic heterocycles. The number of hydrogen-bond acceptors (Lipinski definition) is 6. The Morgan fingerprint density at radius 3 is 2.76 bits per heavy atom. The second-order valence-electron chi connectivity index (χ2n) is 4.35. The van der Waals surface area contributed by atoms with Gasteiger partial charge in [0, 0.05) is 0 Å². The number of nitrogens with two attached hydrogens (primary N) is 1. The van der Waals surface area contributed by atoms with Crippen molar-refractivity contribution in [1.82, 2.24) is 14.9 Å². The molecule has 1 heterocycles. The molecule has 1 aromatic carbocycles. The van der Waals surface area contributed by atoms with Crippen LogP contribution in [0.5, 0.6) is 5.75 Å². The molecule has 0 bridgehead atoms. The van der Waals surface area contributed by atoms with Crippen molar-refractivity contribution in [3.05, 3.63) is 30.1 Å². The molecule has 0 saturated carbocycles.